The fraction of sp³-hybridized carbons (Fsp3) is 0. The van der Waals surface area contributed by atoms with Crippen LogP contribution in [0.5, 0.6) is 0 Å². The van der Waals surface area contributed by atoms with Gasteiger partial charge in [-0.25, -0.2) is 4.79 Å². The van der Waals surface area contributed by atoms with E-state index < -0.39 is 5.69 Å². The van der Waals surface area contributed by atoms with Crippen molar-refractivity contribution in [2.24, 2.45) is 0 Å². The Balaban J connectivity index is 2.34. The maximum absolute atomic E-state index is 11.0. The monoisotopic (exact) mass is 256 g/mol. The van der Waals surface area contributed by atoms with Gasteiger partial charge in [0.05, 0.1) is 10.7 Å². The molecule has 2 aromatic rings. The predicted octanol–water partition coefficient (Wildman–Crippen LogP) is 2.22. The van der Waals surface area contributed by atoms with Gasteiger partial charge in [0, 0.05) is 0 Å². The summed E-state index contributed by atoms with van der Waals surface area (Å²) < 4.78 is 0. The number of nitrogens with zero attached hydrogens (tertiary/aromatic N) is 2. The third-order valence-corrected chi connectivity index (χ3v) is 2.25. The summed E-state index contributed by atoms with van der Waals surface area (Å²) in [6.45, 7) is 0. The molecule has 0 aliphatic heterocycles. The summed E-state index contributed by atoms with van der Waals surface area (Å²) in [7, 11) is 0. The van der Waals surface area contributed by atoms with Crippen molar-refractivity contribution in [2.45, 2.75) is 0 Å². The zero-order valence-electron chi connectivity index (χ0n) is 7.87. The summed E-state index contributed by atoms with van der Waals surface area (Å²) in [6, 6.07) is 7.03. The molecule has 82 valence electrons. The van der Waals surface area contributed by atoms with E-state index in [4.69, 9.17) is 23.2 Å². The average Bonchev–Trinajstić information content (AvgIpc) is 2.20. The molecule has 0 saturated heterocycles. The highest BCUT2D eigenvalue weighted by Crippen LogP contribution is 2.22. The summed E-state index contributed by atoms with van der Waals surface area (Å²) in [4.78, 5) is 20.6. The van der Waals surface area contributed by atoms with Gasteiger partial charge >= 0.3 is 5.69 Å². The van der Waals surface area contributed by atoms with Gasteiger partial charge in [-0.05, 0) is 23.7 Å². The second-order valence-electron chi connectivity index (χ2n) is 2.87. The molecule has 2 rings (SSSR count). The lowest BCUT2D eigenvalue weighted by Crippen LogP contribution is -2.14. The van der Waals surface area contributed by atoms with Crippen molar-refractivity contribution < 1.29 is 0 Å². The number of hydrogen-bond acceptors (Lipinski definition) is 4. The SMILES string of the molecule is O=c1nc(Nc2ccccc2Cl)nc(Cl)[nH]1. The number of anilines is 2. The number of halogens is 2. The lowest BCUT2D eigenvalue weighted by Gasteiger charge is -2.05. The number of rotatable bonds is 2. The standard InChI is InChI=1S/C9H6Cl2N4O/c10-5-3-1-2-4-6(5)12-8-13-7(11)14-9(16)15-8/h1-4H,(H2,12,13,14,15,16). The molecule has 1 aromatic heterocycles. The van der Waals surface area contributed by atoms with Crippen LogP contribution in [0.1, 0.15) is 0 Å². The fourth-order valence-corrected chi connectivity index (χ4v) is 1.44. The summed E-state index contributed by atoms with van der Waals surface area (Å²) >= 11 is 11.5. The largest absolute Gasteiger partial charge is 0.350 e. The first-order valence-electron chi connectivity index (χ1n) is 4.30. The first kappa shape index (κ1) is 10.9. The van der Waals surface area contributed by atoms with E-state index in [-0.39, 0.29) is 11.2 Å². The molecular weight excluding hydrogens is 251 g/mol. The summed E-state index contributed by atoms with van der Waals surface area (Å²) in [6.07, 6.45) is 0. The van der Waals surface area contributed by atoms with Crippen LogP contribution in [-0.4, -0.2) is 15.0 Å². The van der Waals surface area contributed by atoms with Crippen LogP contribution in [0.25, 0.3) is 0 Å². The minimum Gasteiger partial charge on any atom is -0.323 e. The Morgan fingerprint density at radius 1 is 1.19 bits per heavy atom. The van der Waals surface area contributed by atoms with E-state index >= 15 is 0 Å². The molecule has 16 heavy (non-hydrogen) atoms. The van der Waals surface area contributed by atoms with Crippen molar-refractivity contribution in [3.63, 3.8) is 0 Å². The van der Waals surface area contributed by atoms with Gasteiger partial charge in [0.2, 0.25) is 11.2 Å². The molecule has 0 bridgehead atoms. The Labute approximate surface area is 100 Å². The molecule has 0 unspecified atom stereocenters. The van der Waals surface area contributed by atoms with Crippen molar-refractivity contribution in [2.75, 3.05) is 5.32 Å². The summed E-state index contributed by atoms with van der Waals surface area (Å²) in [5.74, 6) is 0.0989. The van der Waals surface area contributed by atoms with Gasteiger partial charge in [0.1, 0.15) is 0 Å². The molecular formula is C9H6Cl2N4O. The van der Waals surface area contributed by atoms with Crippen molar-refractivity contribution >= 4 is 34.8 Å². The molecule has 1 heterocycles. The molecule has 0 atom stereocenters. The topological polar surface area (TPSA) is 70.7 Å². The Morgan fingerprint density at radius 2 is 1.94 bits per heavy atom. The van der Waals surface area contributed by atoms with E-state index in [2.05, 4.69) is 20.3 Å². The van der Waals surface area contributed by atoms with E-state index in [0.717, 1.165) is 0 Å². The Bertz CT molecular complexity index is 569. The molecule has 0 amide bonds. The molecule has 0 aliphatic carbocycles. The van der Waals surface area contributed by atoms with Gasteiger partial charge in [-0.1, -0.05) is 23.7 Å². The third kappa shape index (κ3) is 2.50. The average molecular weight is 257 g/mol. The quantitative estimate of drug-likeness (QED) is 0.865. The molecule has 5 nitrogen and oxygen atoms in total. The highest BCUT2D eigenvalue weighted by atomic mass is 35.5. The van der Waals surface area contributed by atoms with Crippen molar-refractivity contribution in [3.05, 3.63) is 45.1 Å². The number of benzene rings is 1. The van der Waals surface area contributed by atoms with Gasteiger partial charge in [0.15, 0.2) is 0 Å². The van der Waals surface area contributed by atoms with Crippen LogP contribution in [0.15, 0.2) is 29.1 Å². The van der Waals surface area contributed by atoms with E-state index in [1.165, 1.54) is 0 Å². The Morgan fingerprint density at radius 3 is 2.62 bits per heavy atom. The van der Waals surface area contributed by atoms with Crippen molar-refractivity contribution in [1.29, 1.82) is 0 Å². The smallest absolute Gasteiger partial charge is 0.323 e. The Kier molecular flexibility index (Phi) is 3.07. The number of hydrogen-bond donors (Lipinski definition) is 2. The summed E-state index contributed by atoms with van der Waals surface area (Å²) in [5, 5.41) is 3.26. The molecule has 2 N–H and O–H groups in total. The zero-order chi connectivity index (χ0) is 11.5. The molecule has 7 heteroatoms. The maximum Gasteiger partial charge on any atom is 0.350 e. The van der Waals surface area contributed by atoms with E-state index in [1.54, 1.807) is 24.3 Å². The maximum atomic E-state index is 11.0. The van der Waals surface area contributed by atoms with Crippen LogP contribution in [0.3, 0.4) is 0 Å². The second kappa shape index (κ2) is 4.51. The van der Waals surface area contributed by atoms with E-state index in [9.17, 15) is 4.79 Å². The number of nitrogens with one attached hydrogen (secondary N) is 2. The lowest BCUT2D eigenvalue weighted by molar-refractivity contribution is 0.994. The molecule has 0 aliphatic rings. The highest BCUT2D eigenvalue weighted by Gasteiger charge is 2.03. The summed E-state index contributed by atoms with van der Waals surface area (Å²) in [5.41, 5.74) is 0.0281. The zero-order valence-corrected chi connectivity index (χ0v) is 9.38. The van der Waals surface area contributed by atoms with Gasteiger partial charge in [0.25, 0.3) is 0 Å². The van der Waals surface area contributed by atoms with Crippen LogP contribution in [-0.2, 0) is 0 Å². The molecule has 0 saturated carbocycles. The lowest BCUT2D eigenvalue weighted by atomic mass is 10.3. The number of aromatic nitrogens is 3. The van der Waals surface area contributed by atoms with Crippen LogP contribution in [0.2, 0.25) is 10.3 Å². The second-order valence-corrected chi connectivity index (χ2v) is 3.64. The van der Waals surface area contributed by atoms with Crippen LogP contribution >= 0.6 is 23.2 Å². The highest BCUT2D eigenvalue weighted by molar-refractivity contribution is 6.33. The van der Waals surface area contributed by atoms with Gasteiger partial charge in [-0.15, -0.1) is 0 Å². The number of H-pyrrole nitrogens is 1. The Hall–Kier alpha value is -1.59. The molecule has 0 radical (unpaired) electrons. The van der Waals surface area contributed by atoms with Crippen molar-refractivity contribution in [1.82, 2.24) is 15.0 Å². The predicted molar refractivity (Wildman–Crippen MR) is 62.4 cm³/mol. The normalized spacial score (nSPS) is 10.1. The van der Waals surface area contributed by atoms with Gasteiger partial charge in [-0.3, -0.25) is 4.98 Å². The van der Waals surface area contributed by atoms with Crippen LogP contribution in [0, 0.1) is 0 Å². The van der Waals surface area contributed by atoms with Gasteiger partial charge in [-0.2, -0.15) is 9.97 Å². The minimum absolute atomic E-state index is 0.0328. The van der Waals surface area contributed by atoms with Gasteiger partial charge < -0.3 is 5.32 Å². The molecule has 0 spiro atoms. The van der Waals surface area contributed by atoms with Crippen molar-refractivity contribution in [3.8, 4) is 0 Å². The molecule has 0 fully saturated rings. The molecule has 1 aromatic carbocycles. The fourth-order valence-electron chi connectivity index (χ4n) is 1.10. The van der Waals surface area contributed by atoms with E-state index in [0.29, 0.717) is 10.7 Å². The first-order chi connectivity index (χ1) is 7.65. The number of para-hydroxylation sites is 1. The van der Waals surface area contributed by atoms with Crippen LogP contribution in [0.4, 0.5) is 11.6 Å². The minimum atomic E-state index is -0.574. The van der Waals surface area contributed by atoms with E-state index in [1.807, 2.05) is 0 Å². The number of aromatic amines is 1. The third-order valence-electron chi connectivity index (χ3n) is 1.74. The van der Waals surface area contributed by atoms with Crippen LogP contribution < -0.4 is 11.0 Å². The first-order valence-corrected chi connectivity index (χ1v) is 5.06.